The van der Waals surface area contributed by atoms with Gasteiger partial charge in [-0.3, -0.25) is 0 Å². The van der Waals surface area contributed by atoms with E-state index in [-0.39, 0.29) is 5.75 Å². The van der Waals surface area contributed by atoms with Crippen molar-refractivity contribution in [2.75, 3.05) is 7.11 Å². The third kappa shape index (κ3) is 3.17. The highest BCUT2D eigenvalue weighted by Crippen LogP contribution is 2.32. The molecule has 0 amide bonds. The van der Waals surface area contributed by atoms with Crippen molar-refractivity contribution >= 4 is 34.0 Å². The summed E-state index contributed by atoms with van der Waals surface area (Å²) in [6.07, 6.45) is 1.39. The molecule has 0 saturated heterocycles. The van der Waals surface area contributed by atoms with E-state index in [1.54, 1.807) is 22.1 Å². The number of benzene rings is 1. The first-order chi connectivity index (χ1) is 12.2. The lowest BCUT2D eigenvalue weighted by Crippen LogP contribution is -2.02. The summed E-state index contributed by atoms with van der Waals surface area (Å²) in [5.74, 6) is -0.325. The number of fused-ring (bicyclic) bond motifs is 1. The van der Waals surface area contributed by atoms with Crippen LogP contribution in [0, 0.1) is 5.82 Å². The smallest absolute Gasteiger partial charge is 0.215 e. The average molecular weight is 374 g/mol. The molecule has 10 heteroatoms. The highest BCUT2D eigenvalue weighted by Gasteiger charge is 2.15. The summed E-state index contributed by atoms with van der Waals surface area (Å²) >= 11 is 2.94. The fourth-order valence-electron chi connectivity index (χ4n) is 2.28. The number of thiophene rings is 1. The summed E-state index contributed by atoms with van der Waals surface area (Å²) in [6.45, 7) is 0.577. The Morgan fingerprint density at radius 1 is 1.32 bits per heavy atom. The van der Waals surface area contributed by atoms with Crippen molar-refractivity contribution in [1.82, 2.24) is 30.2 Å². The summed E-state index contributed by atoms with van der Waals surface area (Å²) in [6, 6.07) is 6.92. The molecule has 0 N–H and O–H groups in total. The summed E-state index contributed by atoms with van der Waals surface area (Å²) in [5, 5.41) is 15.7. The Morgan fingerprint density at radius 3 is 3.04 bits per heavy atom. The van der Waals surface area contributed by atoms with E-state index < -0.39 is 5.82 Å². The molecule has 1 aromatic carbocycles. The molecule has 4 aromatic rings. The molecule has 0 bridgehead atoms. The van der Waals surface area contributed by atoms with E-state index in [0.29, 0.717) is 27.6 Å². The zero-order valence-electron chi connectivity index (χ0n) is 13.0. The number of hydrogen-bond acceptors (Lipinski definition) is 8. The molecule has 126 valence electrons. The van der Waals surface area contributed by atoms with Gasteiger partial charge in [0.2, 0.25) is 5.16 Å². The molecule has 4 rings (SSSR count). The van der Waals surface area contributed by atoms with Crippen molar-refractivity contribution in [3.8, 4) is 5.75 Å². The first-order valence-electron chi connectivity index (χ1n) is 7.19. The molecule has 0 saturated carbocycles. The molecule has 0 fully saturated rings. The molecular weight excluding hydrogens is 363 g/mol. The van der Waals surface area contributed by atoms with Gasteiger partial charge in [0, 0.05) is 16.3 Å². The van der Waals surface area contributed by atoms with E-state index in [1.165, 1.54) is 31.3 Å². The Balaban J connectivity index is 1.71. The van der Waals surface area contributed by atoms with Crippen molar-refractivity contribution < 1.29 is 9.13 Å². The average Bonchev–Trinajstić information content (AvgIpc) is 3.27. The zero-order valence-corrected chi connectivity index (χ0v) is 14.6. The van der Waals surface area contributed by atoms with Crippen LogP contribution in [0.2, 0.25) is 0 Å². The largest absolute Gasteiger partial charge is 0.494 e. The van der Waals surface area contributed by atoms with Gasteiger partial charge in [-0.05, 0) is 39.7 Å². The van der Waals surface area contributed by atoms with Crippen LogP contribution in [0.1, 0.15) is 4.88 Å². The molecule has 3 aromatic heterocycles. The Morgan fingerprint density at radius 2 is 2.24 bits per heavy atom. The molecule has 7 nitrogen and oxygen atoms in total. The number of aromatic nitrogens is 6. The first-order valence-corrected chi connectivity index (χ1v) is 8.89. The minimum absolute atomic E-state index is 0.141. The minimum atomic E-state index is -0.466. The van der Waals surface area contributed by atoms with Crippen molar-refractivity contribution in [1.29, 1.82) is 0 Å². The third-order valence-corrected chi connectivity index (χ3v) is 5.30. The molecule has 25 heavy (non-hydrogen) atoms. The SMILES string of the molecule is COc1cc2c(Sc3nnnn3Cc3cccs3)ncnc2cc1F. The van der Waals surface area contributed by atoms with Gasteiger partial charge in [-0.1, -0.05) is 6.07 Å². The lowest BCUT2D eigenvalue weighted by molar-refractivity contribution is 0.387. The molecule has 0 spiro atoms. The summed E-state index contributed by atoms with van der Waals surface area (Å²) in [5.41, 5.74) is 0.494. The van der Waals surface area contributed by atoms with Gasteiger partial charge >= 0.3 is 0 Å². The molecule has 0 atom stereocenters. The van der Waals surface area contributed by atoms with Crippen LogP contribution >= 0.6 is 23.1 Å². The monoisotopic (exact) mass is 374 g/mol. The minimum Gasteiger partial charge on any atom is -0.494 e. The van der Waals surface area contributed by atoms with Gasteiger partial charge in [0.15, 0.2) is 11.6 Å². The number of ether oxygens (including phenoxy) is 1. The molecule has 3 heterocycles. The number of halogens is 1. The maximum Gasteiger partial charge on any atom is 0.215 e. The number of rotatable bonds is 5. The maximum absolute atomic E-state index is 13.9. The number of methoxy groups -OCH3 is 1. The van der Waals surface area contributed by atoms with Gasteiger partial charge in [0.25, 0.3) is 0 Å². The molecule has 0 radical (unpaired) electrons. The second kappa shape index (κ2) is 6.73. The summed E-state index contributed by atoms with van der Waals surface area (Å²) < 4.78 is 20.6. The van der Waals surface area contributed by atoms with Crippen LogP contribution in [0.4, 0.5) is 4.39 Å². The lowest BCUT2D eigenvalue weighted by Gasteiger charge is -2.07. The van der Waals surface area contributed by atoms with Gasteiger partial charge < -0.3 is 4.74 Å². The lowest BCUT2D eigenvalue weighted by atomic mass is 10.2. The van der Waals surface area contributed by atoms with E-state index >= 15 is 0 Å². The van der Waals surface area contributed by atoms with Gasteiger partial charge in [0.05, 0.1) is 19.2 Å². The topological polar surface area (TPSA) is 78.6 Å². The van der Waals surface area contributed by atoms with Gasteiger partial charge in [0.1, 0.15) is 11.4 Å². The predicted octanol–water partition coefficient (Wildman–Crippen LogP) is 3.03. The van der Waals surface area contributed by atoms with Crippen LogP contribution in [0.5, 0.6) is 5.75 Å². The van der Waals surface area contributed by atoms with Crippen molar-refractivity contribution in [3.63, 3.8) is 0 Å². The van der Waals surface area contributed by atoms with Gasteiger partial charge in [-0.15, -0.1) is 16.4 Å². The normalized spacial score (nSPS) is 11.1. The molecule has 0 aliphatic rings. The zero-order chi connectivity index (χ0) is 17.2. The molecule has 0 unspecified atom stereocenters. The van der Waals surface area contributed by atoms with Crippen LogP contribution < -0.4 is 4.74 Å². The second-order valence-corrected chi connectivity index (χ2v) is 6.97. The Bertz CT molecular complexity index is 1020. The van der Waals surface area contributed by atoms with Gasteiger partial charge in [-0.25, -0.2) is 19.0 Å². The van der Waals surface area contributed by atoms with Crippen LogP contribution in [-0.2, 0) is 6.54 Å². The summed E-state index contributed by atoms with van der Waals surface area (Å²) in [4.78, 5) is 9.55. The van der Waals surface area contributed by atoms with Crippen molar-refractivity contribution in [3.05, 3.63) is 46.7 Å². The predicted molar refractivity (Wildman–Crippen MR) is 91.4 cm³/mol. The highest BCUT2D eigenvalue weighted by atomic mass is 32.2. The van der Waals surface area contributed by atoms with E-state index in [9.17, 15) is 4.39 Å². The number of hydrogen-bond donors (Lipinski definition) is 0. The Kier molecular flexibility index (Phi) is 4.28. The fourth-order valence-corrected chi connectivity index (χ4v) is 3.79. The summed E-state index contributed by atoms with van der Waals surface area (Å²) in [7, 11) is 1.42. The van der Waals surface area contributed by atoms with Crippen LogP contribution in [0.15, 0.2) is 46.2 Å². The Hall–Kier alpha value is -2.59. The molecule has 0 aliphatic carbocycles. The second-order valence-electron chi connectivity index (χ2n) is 4.98. The standard InChI is InChI=1S/C15H11FN6OS2/c1-23-13-5-10-12(6-11(13)16)17-8-18-14(10)25-15-19-20-21-22(15)7-9-3-2-4-24-9/h2-6,8H,7H2,1H3. The number of tetrazole rings is 1. The fraction of sp³-hybridized carbons (Fsp3) is 0.133. The van der Waals surface area contributed by atoms with E-state index in [2.05, 4.69) is 25.5 Å². The maximum atomic E-state index is 13.9. The van der Waals surface area contributed by atoms with E-state index in [1.807, 2.05) is 17.5 Å². The van der Waals surface area contributed by atoms with Crippen LogP contribution in [0.3, 0.4) is 0 Å². The van der Waals surface area contributed by atoms with E-state index in [0.717, 1.165) is 4.88 Å². The molecular formula is C15H11FN6OS2. The van der Waals surface area contributed by atoms with Crippen molar-refractivity contribution in [2.24, 2.45) is 0 Å². The third-order valence-electron chi connectivity index (χ3n) is 3.45. The van der Waals surface area contributed by atoms with Crippen LogP contribution in [-0.4, -0.2) is 37.3 Å². The van der Waals surface area contributed by atoms with Crippen molar-refractivity contribution in [2.45, 2.75) is 16.7 Å². The Labute approximate surface area is 149 Å². The van der Waals surface area contributed by atoms with Crippen LogP contribution in [0.25, 0.3) is 10.9 Å². The van der Waals surface area contributed by atoms with E-state index in [4.69, 9.17) is 4.74 Å². The first kappa shape index (κ1) is 15.9. The number of nitrogens with zero attached hydrogens (tertiary/aromatic N) is 6. The quantitative estimate of drug-likeness (QED) is 0.497. The highest BCUT2D eigenvalue weighted by molar-refractivity contribution is 7.99. The molecule has 0 aliphatic heterocycles. The van der Waals surface area contributed by atoms with Gasteiger partial charge in [-0.2, -0.15) is 0 Å².